The van der Waals surface area contributed by atoms with Gasteiger partial charge < -0.3 is 19.9 Å². The summed E-state index contributed by atoms with van der Waals surface area (Å²) in [5.74, 6) is 2.00. The third-order valence-electron chi connectivity index (χ3n) is 2.77. The number of methoxy groups -OCH3 is 2. The molecule has 18 heavy (non-hydrogen) atoms. The number of hydrogen-bond donors (Lipinski definition) is 2. The van der Waals surface area contributed by atoms with Gasteiger partial charge in [0.05, 0.1) is 26.9 Å². The molecule has 102 valence electrons. The minimum atomic E-state index is -0.117. The van der Waals surface area contributed by atoms with E-state index in [1.807, 2.05) is 18.2 Å². The number of hydrogen-bond acceptors (Lipinski definition) is 4. The number of aliphatic hydroxyl groups is 1. The first-order valence-corrected chi connectivity index (χ1v) is 6.18. The maximum absolute atomic E-state index is 9.49. The topological polar surface area (TPSA) is 50.7 Å². The molecule has 1 aromatic rings. The standard InChI is InChI=1S/C14H23NO3/c1-10(2)8-15-13(9-16)12-6-5-11(17-3)7-14(12)18-4/h5-7,10,13,15-16H,8-9H2,1-4H3. The third kappa shape index (κ3) is 3.89. The monoisotopic (exact) mass is 253 g/mol. The van der Waals surface area contributed by atoms with Gasteiger partial charge in [-0.15, -0.1) is 0 Å². The molecule has 0 aromatic heterocycles. The zero-order chi connectivity index (χ0) is 13.5. The first-order valence-electron chi connectivity index (χ1n) is 6.18. The second-order valence-electron chi connectivity index (χ2n) is 4.65. The highest BCUT2D eigenvalue weighted by Gasteiger charge is 2.15. The van der Waals surface area contributed by atoms with Crippen LogP contribution in [0.4, 0.5) is 0 Å². The molecule has 1 aromatic carbocycles. The van der Waals surface area contributed by atoms with E-state index in [0.717, 1.165) is 23.6 Å². The van der Waals surface area contributed by atoms with Crippen LogP contribution in [0, 0.1) is 5.92 Å². The van der Waals surface area contributed by atoms with Crippen molar-refractivity contribution in [1.82, 2.24) is 5.32 Å². The molecule has 0 aliphatic heterocycles. The van der Waals surface area contributed by atoms with Crippen LogP contribution in [0.15, 0.2) is 18.2 Å². The Kier molecular flexibility index (Phi) is 5.95. The van der Waals surface area contributed by atoms with Crippen molar-refractivity contribution in [2.24, 2.45) is 5.92 Å². The summed E-state index contributed by atoms with van der Waals surface area (Å²) in [6.07, 6.45) is 0. The third-order valence-corrected chi connectivity index (χ3v) is 2.77. The van der Waals surface area contributed by atoms with E-state index < -0.39 is 0 Å². The summed E-state index contributed by atoms with van der Waals surface area (Å²) in [4.78, 5) is 0. The fourth-order valence-electron chi connectivity index (χ4n) is 1.76. The number of benzene rings is 1. The van der Waals surface area contributed by atoms with E-state index in [2.05, 4.69) is 19.2 Å². The molecule has 0 amide bonds. The molecular formula is C14H23NO3. The van der Waals surface area contributed by atoms with Crippen LogP contribution in [0.5, 0.6) is 11.5 Å². The van der Waals surface area contributed by atoms with Gasteiger partial charge in [0, 0.05) is 11.6 Å². The summed E-state index contributed by atoms with van der Waals surface area (Å²) >= 11 is 0. The van der Waals surface area contributed by atoms with Gasteiger partial charge in [0.2, 0.25) is 0 Å². The minimum absolute atomic E-state index is 0.0371. The van der Waals surface area contributed by atoms with Crippen molar-refractivity contribution in [3.63, 3.8) is 0 Å². The van der Waals surface area contributed by atoms with E-state index in [1.165, 1.54) is 0 Å². The number of ether oxygens (including phenoxy) is 2. The zero-order valence-electron chi connectivity index (χ0n) is 11.6. The molecular weight excluding hydrogens is 230 g/mol. The summed E-state index contributed by atoms with van der Waals surface area (Å²) < 4.78 is 10.5. The number of rotatable bonds is 7. The summed E-state index contributed by atoms with van der Waals surface area (Å²) in [5, 5.41) is 12.8. The summed E-state index contributed by atoms with van der Waals surface area (Å²) in [6.45, 7) is 5.15. The average Bonchev–Trinajstić information content (AvgIpc) is 2.39. The Morgan fingerprint density at radius 3 is 2.44 bits per heavy atom. The summed E-state index contributed by atoms with van der Waals surface area (Å²) in [6, 6.07) is 5.51. The van der Waals surface area contributed by atoms with Crippen molar-refractivity contribution in [2.75, 3.05) is 27.4 Å². The van der Waals surface area contributed by atoms with Crippen molar-refractivity contribution in [1.29, 1.82) is 0 Å². The molecule has 0 aliphatic carbocycles. The quantitative estimate of drug-likeness (QED) is 0.780. The molecule has 0 aliphatic rings. The molecule has 0 fully saturated rings. The molecule has 1 rings (SSSR count). The van der Waals surface area contributed by atoms with Crippen molar-refractivity contribution in [2.45, 2.75) is 19.9 Å². The lowest BCUT2D eigenvalue weighted by Crippen LogP contribution is -2.28. The second kappa shape index (κ2) is 7.24. The first kappa shape index (κ1) is 14.8. The van der Waals surface area contributed by atoms with E-state index in [4.69, 9.17) is 9.47 Å². The Morgan fingerprint density at radius 2 is 1.94 bits per heavy atom. The van der Waals surface area contributed by atoms with Crippen LogP contribution in [0.3, 0.4) is 0 Å². The molecule has 0 saturated carbocycles. The van der Waals surface area contributed by atoms with E-state index in [0.29, 0.717) is 5.92 Å². The molecule has 0 spiro atoms. The van der Waals surface area contributed by atoms with E-state index in [1.54, 1.807) is 14.2 Å². The summed E-state index contributed by atoms with van der Waals surface area (Å²) in [7, 11) is 3.24. The van der Waals surface area contributed by atoms with Gasteiger partial charge in [-0.2, -0.15) is 0 Å². The predicted molar refractivity (Wildman–Crippen MR) is 72.2 cm³/mol. The molecule has 0 saturated heterocycles. The van der Waals surface area contributed by atoms with Crippen molar-refractivity contribution in [3.8, 4) is 11.5 Å². The van der Waals surface area contributed by atoms with Crippen molar-refractivity contribution in [3.05, 3.63) is 23.8 Å². The van der Waals surface area contributed by atoms with Gasteiger partial charge in [0.25, 0.3) is 0 Å². The average molecular weight is 253 g/mol. The van der Waals surface area contributed by atoms with Crippen LogP contribution in [-0.2, 0) is 0 Å². The smallest absolute Gasteiger partial charge is 0.127 e. The van der Waals surface area contributed by atoms with Crippen LogP contribution < -0.4 is 14.8 Å². The van der Waals surface area contributed by atoms with Gasteiger partial charge in [0.1, 0.15) is 11.5 Å². The summed E-state index contributed by atoms with van der Waals surface area (Å²) in [5.41, 5.74) is 0.946. The zero-order valence-corrected chi connectivity index (χ0v) is 11.6. The van der Waals surface area contributed by atoms with Gasteiger partial charge in [-0.25, -0.2) is 0 Å². The van der Waals surface area contributed by atoms with Crippen LogP contribution in [0.1, 0.15) is 25.5 Å². The predicted octanol–water partition coefficient (Wildman–Crippen LogP) is 1.98. The molecule has 0 radical (unpaired) electrons. The normalized spacial score (nSPS) is 12.6. The fourth-order valence-corrected chi connectivity index (χ4v) is 1.76. The molecule has 4 nitrogen and oxygen atoms in total. The van der Waals surface area contributed by atoms with Crippen LogP contribution in [0.2, 0.25) is 0 Å². The van der Waals surface area contributed by atoms with E-state index in [-0.39, 0.29) is 12.6 Å². The van der Waals surface area contributed by atoms with E-state index >= 15 is 0 Å². The van der Waals surface area contributed by atoms with E-state index in [9.17, 15) is 5.11 Å². The molecule has 2 N–H and O–H groups in total. The number of nitrogens with one attached hydrogen (secondary N) is 1. The van der Waals surface area contributed by atoms with Gasteiger partial charge in [-0.3, -0.25) is 0 Å². The Morgan fingerprint density at radius 1 is 1.22 bits per heavy atom. The van der Waals surface area contributed by atoms with Crippen molar-refractivity contribution >= 4 is 0 Å². The lowest BCUT2D eigenvalue weighted by Gasteiger charge is -2.21. The highest BCUT2D eigenvalue weighted by atomic mass is 16.5. The highest BCUT2D eigenvalue weighted by Crippen LogP contribution is 2.29. The molecule has 1 unspecified atom stereocenters. The maximum atomic E-state index is 9.49. The fraction of sp³-hybridized carbons (Fsp3) is 0.571. The molecule has 0 bridgehead atoms. The highest BCUT2D eigenvalue weighted by molar-refractivity contribution is 5.42. The largest absolute Gasteiger partial charge is 0.497 e. The van der Waals surface area contributed by atoms with Crippen LogP contribution in [-0.4, -0.2) is 32.5 Å². The molecule has 4 heteroatoms. The maximum Gasteiger partial charge on any atom is 0.127 e. The van der Waals surface area contributed by atoms with Gasteiger partial charge in [-0.1, -0.05) is 13.8 Å². The van der Waals surface area contributed by atoms with Crippen molar-refractivity contribution < 1.29 is 14.6 Å². The minimum Gasteiger partial charge on any atom is -0.497 e. The Labute approximate surface area is 109 Å². The molecule has 1 atom stereocenters. The Hall–Kier alpha value is -1.26. The Balaban J connectivity index is 2.90. The lowest BCUT2D eigenvalue weighted by molar-refractivity contribution is 0.237. The SMILES string of the molecule is COc1ccc(C(CO)NCC(C)C)c(OC)c1. The van der Waals surface area contributed by atoms with Gasteiger partial charge in [-0.05, 0) is 24.6 Å². The molecule has 0 heterocycles. The Bertz CT molecular complexity index is 366. The van der Waals surface area contributed by atoms with Gasteiger partial charge in [0.15, 0.2) is 0 Å². The number of aliphatic hydroxyl groups excluding tert-OH is 1. The second-order valence-corrected chi connectivity index (χ2v) is 4.65. The van der Waals surface area contributed by atoms with Gasteiger partial charge >= 0.3 is 0 Å². The van der Waals surface area contributed by atoms with Crippen LogP contribution >= 0.6 is 0 Å². The van der Waals surface area contributed by atoms with Crippen LogP contribution in [0.25, 0.3) is 0 Å². The lowest BCUT2D eigenvalue weighted by atomic mass is 10.0. The first-order chi connectivity index (χ1) is 8.62.